The van der Waals surface area contributed by atoms with Crippen LogP contribution in [0.5, 0.6) is 0 Å². The monoisotopic (exact) mass is 382 g/mol. The van der Waals surface area contributed by atoms with Gasteiger partial charge in [-0.2, -0.15) is 0 Å². The lowest BCUT2D eigenvalue weighted by Crippen LogP contribution is -2.53. The molecule has 0 aromatic heterocycles. The topological polar surface area (TPSA) is 69.5 Å². The van der Waals surface area contributed by atoms with Crippen molar-refractivity contribution in [2.75, 3.05) is 19.8 Å². The Labute approximate surface area is 167 Å². The van der Waals surface area contributed by atoms with Crippen LogP contribution < -0.4 is 5.32 Å². The lowest BCUT2D eigenvalue weighted by atomic mass is 9.89. The molecule has 0 amide bonds. The van der Waals surface area contributed by atoms with Crippen LogP contribution in [0.25, 0.3) is 0 Å². The van der Waals surface area contributed by atoms with Gasteiger partial charge in [-0.3, -0.25) is 15.3 Å². The number of ether oxygens (including phenoxy) is 1. The van der Waals surface area contributed by atoms with E-state index in [-0.39, 0.29) is 24.5 Å². The van der Waals surface area contributed by atoms with Crippen LogP contribution in [0.3, 0.4) is 0 Å². The Balaban J connectivity index is 1.70. The molecule has 1 fully saturated rings. The quantitative estimate of drug-likeness (QED) is 0.794. The van der Waals surface area contributed by atoms with E-state index >= 15 is 0 Å². The molecule has 0 radical (unpaired) electrons. The molecule has 3 atom stereocenters. The van der Waals surface area contributed by atoms with Gasteiger partial charge < -0.3 is 14.7 Å². The molecule has 4 rings (SSSR count). The lowest BCUT2D eigenvalue weighted by Gasteiger charge is -2.42. The number of aliphatic hydroxyl groups is 1. The zero-order valence-corrected chi connectivity index (χ0v) is 16.7. The van der Waals surface area contributed by atoms with Crippen molar-refractivity contribution in [1.29, 1.82) is 0 Å². The van der Waals surface area contributed by atoms with E-state index in [0.717, 1.165) is 49.3 Å². The van der Waals surface area contributed by atoms with Gasteiger partial charge in [-0.05, 0) is 31.7 Å². The molecule has 28 heavy (non-hydrogen) atoms. The fourth-order valence-corrected chi connectivity index (χ4v) is 4.23. The second kappa shape index (κ2) is 8.15. The van der Waals surface area contributed by atoms with E-state index in [1.165, 1.54) is 0 Å². The lowest BCUT2D eigenvalue weighted by molar-refractivity contribution is 0.0531. The van der Waals surface area contributed by atoms with Crippen molar-refractivity contribution < 1.29 is 9.84 Å². The molecule has 0 spiro atoms. The summed E-state index contributed by atoms with van der Waals surface area (Å²) >= 11 is 0. The predicted molar refractivity (Wildman–Crippen MR) is 112 cm³/mol. The van der Waals surface area contributed by atoms with E-state index in [4.69, 9.17) is 14.7 Å². The minimum absolute atomic E-state index is 0.0128. The summed E-state index contributed by atoms with van der Waals surface area (Å²) in [4.78, 5) is 11.9. The largest absolute Gasteiger partial charge is 0.394 e. The highest BCUT2D eigenvalue weighted by Gasteiger charge is 2.41. The maximum atomic E-state index is 10.4. The summed E-state index contributed by atoms with van der Waals surface area (Å²) in [5, 5.41) is 14.0. The molecule has 3 heterocycles. The van der Waals surface area contributed by atoms with E-state index < -0.39 is 0 Å². The molecule has 1 unspecified atom stereocenters. The average Bonchev–Trinajstić information content (AvgIpc) is 3.09. The van der Waals surface area contributed by atoms with Crippen molar-refractivity contribution in [2.24, 2.45) is 9.98 Å². The molecule has 150 valence electrons. The molecule has 6 heteroatoms. The summed E-state index contributed by atoms with van der Waals surface area (Å²) in [6, 6.07) is 10.3. The summed E-state index contributed by atoms with van der Waals surface area (Å²) in [5.41, 5.74) is 3.02. The van der Waals surface area contributed by atoms with Crippen LogP contribution in [0.2, 0.25) is 0 Å². The molecule has 3 aliphatic heterocycles. The van der Waals surface area contributed by atoms with Crippen LogP contribution in [-0.2, 0) is 4.74 Å². The van der Waals surface area contributed by atoms with E-state index in [1.54, 1.807) is 0 Å². The number of hydrogen-bond donors (Lipinski definition) is 2. The smallest absolute Gasteiger partial charge is 0.177 e. The zero-order chi connectivity index (χ0) is 19.6. The van der Waals surface area contributed by atoms with Crippen molar-refractivity contribution >= 4 is 12.4 Å². The van der Waals surface area contributed by atoms with Crippen LogP contribution in [0.1, 0.15) is 44.7 Å². The highest BCUT2D eigenvalue weighted by Crippen LogP contribution is 2.39. The second-order valence-corrected chi connectivity index (χ2v) is 7.91. The van der Waals surface area contributed by atoms with Crippen molar-refractivity contribution in [3.63, 3.8) is 0 Å². The highest BCUT2D eigenvalue weighted by molar-refractivity contribution is 5.97. The van der Waals surface area contributed by atoms with Gasteiger partial charge in [-0.1, -0.05) is 37.3 Å². The van der Waals surface area contributed by atoms with E-state index in [0.29, 0.717) is 6.04 Å². The van der Waals surface area contributed by atoms with Gasteiger partial charge in [0.1, 0.15) is 0 Å². The molecule has 0 bridgehead atoms. The Hall–Kier alpha value is -2.02. The van der Waals surface area contributed by atoms with E-state index in [2.05, 4.69) is 36.2 Å². The minimum Gasteiger partial charge on any atom is -0.394 e. The van der Waals surface area contributed by atoms with Crippen LogP contribution in [0.15, 0.2) is 51.6 Å². The van der Waals surface area contributed by atoms with Gasteiger partial charge >= 0.3 is 0 Å². The fourth-order valence-electron chi connectivity index (χ4n) is 4.23. The second-order valence-electron chi connectivity index (χ2n) is 7.91. The van der Waals surface area contributed by atoms with Gasteiger partial charge in [0.25, 0.3) is 0 Å². The SMILES string of the molecule is CCC1(C)N=CC2=C1C=N[C@H](NC1CCOCC1)N2[C@H](CO)c1ccccc1. The standard InChI is InChI=1S/C22H30N4O2/c1-3-22(2)18-13-23-21(25-17-9-11-28-12-10-17)26(19(18)14-24-22)20(15-27)16-7-5-4-6-8-16/h4-8,13-14,17,20-21,25,27H,3,9-12,15H2,1-2H3/t20-,21-,22?/m1/s1. The molecule has 2 N–H and O–H groups in total. The molecule has 6 nitrogen and oxygen atoms in total. The summed E-state index contributed by atoms with van der Waals surface area (Å²) in [5.74, 6) is 0. The van der Waals surface area contributed by atoms with Crippen molar-refractivity contribution in [3.8, 4) is 0 Å². The number of hydrogen-bond acceptors (Lipinski definition) is 6. The van der Waals surface area contributed by atoms with Crippen molar-refractivity contribution in [3.05, 3.63) is 47.2 Å². The highest BCUT2D eigenvalue weighted by atomic mass is 16.5. The van der Waals surface area contributed by atoms with Crippen LogP contribution >= 0.6 is 0 Å². The molecular formula is C22H30N4O2. The Bertz CT molecular complexity index is 770. The van der Waals surface area contributed by atoms with Crippen LogP contribution in [-0.4, -0.2) is 60.1 Å². The van der Waals surface area contributed by atoms with Crippen LogP contribution in [0.4, 0.5) is 0 Å². The Morgan fingerprint density at radius 2 is 2.00 bits per heavy atom. The first-order valence-corrected chi connectivity index (χ1v) is 10.3. The Morgan fingerprint density at radius 1 is 1.25 bits per heavy atom. The van der Waals surface area contributed by atoms with Crippen molar-refractivity contribution in [1.82, 2.24) is 10.2 Å². The normalized spacial score (nSPS) is 28.7. The first-order valence-electron chi connectivity index (χ1n) is 10.3. The van der Waals surface area contributed by atoms with Gasteiger partial charge in [-0.15, -0.1) is 0 Å². The fraction of sp³-hybridized carbons (Fsp3) is 0.545. The molecular weight excluding hydrogens is 352 g/mol. The number of aliphatic imine (C=N–C) groups is 2. The molecule has 1 saturated heterocycles. The van der Waals surface area contributed by atoms with Crippen molar-refractivity contribution in [2.45, 2.75) is 57.0 Å². The molecule has 0 aliphatic carbocycles. The third-order valence-corrected chi connectivity index (χ3v) is 6.20. The van der Waals surface area contributed by atoms with Gasteiger partial charge in [0.2, 0.25) is 0 Å². The van der Waals surface area contributed by atoms with Gasteiger partial charge in [0.15, 0.2) is 6.29 Å². The minimum atomic E-state index is -0.253. The van der Waals surface area contributed by atoms with E-state index in [1.807, 2.05) is 30.6 Å². The zero-order valence-electron chi connectivity index (χ0n) is 16.7. The third-order valence-electron chi connectivity index (χ3n) is 6.20. The molecule has 3 aliphatic rings. The number of benzene rings is 1. The first-order chi connectivity index (χ1) is 13.7. The molecule has 0 saturated carbocycles. The maximum absolute atomic E-state index is 10.4. The average molecular weight is 383 g/mol. The summed E-state index contributed by atoms with van der Waals surface area (Å²) in [6.45, 7) is 5.87. The number of nitrogens with zero attached hydrogens (tertiary/aromatic N) is 3. The Morgan fingerprint density at radius 3 is 2.68 bits per heavy atom. The first kappa shape index (κ1) is 19.3. The number of aliphatic hydroxyl groups excluding tert-OH is 1. The summed E-state index contributed by atoms with van der Waals surface area (Å²) in [6.07, 6.45) is 6.58. The number of rotatable bonds is 6. The summed E-state index contributed by atoms with van der Waals surface area (Å²) in [7, 11) is 0. The van der Waals surface area contributed by atoms with Gasteiger partial charge in [0.05, 0.1) is 23.9 Å². The third kappa shape index (κ3) is 3.52. The predicted octanol–water partition coefficient (Wildman–Crippen LogP) is 2.67. The number of nitrogens with one attached hydrogen (secondary N) is 1. The number of allylic oxidation sites excluding steroid dienone is 1. The summed E-state index contributed by atoms with van der Waals surface area (Å²) < 4.78 is 5.50. The van der Waals surface area contributed by atoms with Gasteiger partial charge in [0, 0.05) is 37.3 Å². The van der Waals surface area contributed by atoms with E-state index in [9.17, 15) is 5.11 Å². The molecule has 1 aromatic carbocycles. The van der Waals surface area contributed by atoms with Crippen LogP contribution in [0, 0.1) is 0 Å². The Kier molecular flexibility index (Phi) is 5.62. The maximum Gasteiger partial charge on any atom is 0.177 e. The van der Waals surface area contributed by atoms with Gasteiger partial charge in [-0.25, -0.2) is 0 Å². The molecule has 1 aromatic rings.